The molecule has 0 saturated carbocycles. The minimum atomic E-state index is -1.05. The lowest BCUT2D eigenvalue weighted by molar-refractivity contribution is 0.103. The van der Waals surface area contributed by atoms with Crippen molar-refractivity contribution in [1.82, 2.24) is 19.7 Å². The van der Waals surface area contributed by atoms with Crippen LogP contribution in [0, 0.1) is 11.9 Å². The van der Waals surface area contributed by atoms with Crippen molar-refractivity contribution in [3.63, 3.8) is 0 Å². The Balaban J connectivity index is 1.90. The first kappa shape index (κ1) is 14.8. The van der Waals surface area contributed by atoms with Crippen molar-refractivity contribution in [2.24, 2.45) is 7.05 Å². The quantitative estimate of drug-likeness (QED) is 0.591. The van der Waals surface area contributed by atoms with E-state index in [4.69, 9.17) is 0 Å². The average Bonchev–Trinajstić information content (AvgIpc) is 2.91. The van der Waals surface area contributed by atoms with Crippen molar-refractivity contribution in [3.8, 4) is 0 Å². The van der Waals surface area contributed by atoms with Crippen molar-refractivity contribution >= 4 is 17.4 Å². The van der Waals surface area contributed by atoms with Crippen molar-refractivity contribution in [2.45, 2.75) is 0 Å². The largest absolute Gasteiger partial charge is 0.325 e. The Kier molecular flexibility index (Phi) is 3.80. The first-order chi connectivity index (χ1) is 11.0. The van der Waals surface area contributed by atoms with E-state index in [9.17, 15) is 13.6 Å². The van der Waals surface area contributed by atoms with Gasteiger partial charge in [-0.15, -0.1) is 0 Å². The third-order valence-electron chi connectivity index (χ3n) is 3.12. The number of carbonyl (C=O) groups is 1. The maximum atomic E-state index is 13.1. The number of pyridine rings is 2. The molecule has 0 bridgehead atoms. The fraction of sp³-hybridized carbons (Fsp3) is 0.0667. The van der Waals surface area contributed by atoms with E-state index in [1.54, 1.807) is 24.0 Å². The van der Waals surface area contributed by atoms with E-state index in [2.05, 4.69) is 20.4 Å². The van der Waals surface area contributed by atoms with Crippen molar-refractivity contribution in [3.05, 3.63) is 65.7 Å². The number of aryl methyl sites for hydroxylation is 1. The summed E-state index contributed by atoms with van der Waals surface area (Å²) in [6.45, 7) is 0. The molecule has 23 heavy (non-hydrogen) atoms. The normalized spacial score (nSPS) is 10.6. The van der Waals surface area contributed by atoms with E-state index in [1.165, 1.54) is 18.3 Å². The third-order valence-corrected chi connectivity index (χ3v) is 3.12. The standard InChI is InChI=1S/C15H11F2N5O/c1-22-14(3-5-19-22)21-13-8-9(2-4-18-13)15(23)10-6-11(16)20-12(17)7-10/h2-8H,1H3,(H,18,21). The molecule has 3 aromatic heterocycles. The SMILES string of the molecule is Cn1nccc1Nc1cc(C(=O)c2cc(F)nc(F)c2)ccn1. The number of nitrogens with one attached hydrogen (secondary N) is 1. The Bertz CT molecular complexity index is 858. The Morgan fingerprint density at radius 3 is 2.48 bits per heavy atom. The fourth-order valence-corrected chi connectivity index (χ4v) is 2.03. The van der Waals surface area contributed by atoms with Crippen LogP contribution in [0.2, 0.25) is 0 Å². The van der Waals surface area contributed by atoms with Crippen LogP contribution in [-0.2, 0) is 7.05 Å². The van der Waals surface area contributed by atoms with Crippen molar-refractivity contribution in [2.75, 3.05) is 5.32 Å². The molecule has 6 nitrogen and oxygen atoms in total. The molecule has 0 fully saturated rings. The molecule has 0 aliphatic heterocycles. The van der Waals surface area contributed by atoms with E-state index in [-0.39, 0.29) is 11.1 Å². The van der Waals surface area contributed by atoms with Gasteiger partial charge >= 0.3 is 0 Å². The van der Waals surface area contributed by atoms with E-state index in [1.807, 2.05) is 0 Å². The molecule has 8 heteroatoms. The predicted molar refractivity (Wildman–Crippen MR) is 78.3 cm³/mol. The molecule has 0 aliphatic rings. The minimum Gasteiger partial charge on any atom is -0.325 e. The Morgan fingerprint density at radius 1 is 1.09 bits per heavy atom. The van der Waals surface area contributed by atoms with Gasteiger partial charge in [-0.25, -0.2) is 4.98 Å². The molecule has 116 valence electrons. The number of hydrogen-bond acceptors (Lipinski definition) is 5. The number of anilines is 2. The number of rotatable bonds is 4. The van der Waals surface area contributed by atoms with Crippen LogP contribution in [0.1, 0.15) is 15.9 Å². The summed E-state index contributed by atoms with van der Waals surface area (Å²) in [5, 5.41) is 7.00. The van der Waals surface area contributed by atoms with Gasteiger partial charge in [0.15, 0.2) is 5.78 Å². The summed E-state index contributed by atoms with van der Waals surface area (Å²) in [4.78, 5) is 19.4. The lowest BCUT2D eigenvalue weighted by Gasteiger charge is -2.07. The van der Waals surface area contributed by atoms with Gasteiger partial charge in [0.05, 0.1) is 6.20 Å². The molecule has 0 aromatic carbocycles. The number of halogens is 2. The summed E-state index contributed by atoms with van der Waals surface area (Å²) in [7, 11) is 1.75. The molecule has 0 unspecified atom stereocenters. The summed E-state index contributed by atoms with van der Waals surface area (Å²) >= 11 is 0. The highest BCUT2D eigenvalue weighted by Gasteiger charge is 2.13. The van der Waals surface area contributed by atoms with Gasteiger partial charge in [0, 0.05) is 42.6 Å². The zero-order valence-electron chi connectivity index (χ0n) is 12.0. The van der Waals surface area contributed by atoms with Crippen LogP contribution in [0.25, 0.3) is 0 Å². The third kappa shape index (κ3) is 3.20. The number of ketones is 1. The van der Waals surface area contributed by atoms with Crippen LogP contribution < -0.4 is 5.32 Å². The molecule has 1 N–H and O–H groups in total. The number of carbonyl (C=O) groups excluding carboxylic acids is 1. The second-order valence-electron chi connectivity index (χ2n) is 4.73. The topological polar surface area (TPSA) is 72.7 Å². The van der Waals surface area contributed by atoms with Crippen LogP contribution in [-0.4, -0.2) is 25.5 Å². The van der Waals surface area contributed by atoms with Gasteiger partial charge in [-0.3, -0.25) is 9.48 Å². The average molecular weight is 315 g/mol. The summed E-state index contributed by atoms with van der Waals surface area (Å²) in [6.07, 6.45) is 3.04. The van der Waals surface area contributed by atoms with Gasteiger partial charge in [-0.2, -0.15) is 18.9 Å². The van der Waals surface area contributed by atoms with Gasteiger partial charge in [-0.1, -0.05) is 0 Å². The Labute approximate surface area is 129 Å². The number of hydrogen-bond donors (Lipinski definition) is 1. The molecule has 0 atom stereocenters. The van der Waals surface area contributed by atoms with E-state index in [0.717, 1.165) is 12.1 Å². The molecule has 3 rings (SSSR count). The molecule has 0 saturated heterocycles. The summed E-state index contributed by atoms with van der Waals surface area (Å²) in [5.41, 5.74) is 0.127. The van der Waals surface area contributed by atoms with Crippen LogP contribution in [0.5, 0.6) is 0 Å². The van der Waals surface area contributed by atoms with Gasteiger partial charge in [0.2, 0.25) is 11.9 Å². The second-order valence-corrected chi connectivity index (χ2v) is 4.73. The minimum absolute atomic E-state index is 0.118. The first-order valence-corrected chi connectivity index (χ1v) is 6.62. The molecule has 3 aromatic rings. The zero-order chi connectivity index (χ0) is 16.4. The Morgan fingerprint density at radius 2 is 1.83 bits per heavy atom. The highest BCUT2D eigenvalue weighted by atomic mass is 19.1. The molecule has 3 heterocycles. The van der Waals surface area contributed by atoms with Crippen molar-refractivity contribution in [1.29, 1.82) is 0 Å². The van der Waals surface area contributed by atoms with Crippen LogP contribution >= 0.6 is 0 Å². The van der Waals surface area contributed by atoms with Crippen LogP contribution in [0.4, 0.5) is 20.4 Å². The molecular formula is C15H11F2N5O. The lowest BCUT2D eigenvalue weighted by Crippen LogP contribution is -2.06. The molecular weight excluding hydrogens is 304 g/mol. The van der Waals surface area contributed by atoms with Crippen LogP contribution in [0.15, 0.2) is 42.7 Å². The summed E-state index contributed by atoms with van der Waals surface area (Å²) < 4.78 is 27.9. The van der Waals surface area contributed by atoms with E-state index >= 15 is 0 Å². The smallest absolute Gasteiger partial charge is 0.216 e. The molecule has 0 aliphatic carbocycles. The second kappa shape index (κ2) is 5.91. The molecule has 0 spiro atoms. The highest BCUT2D eigenvalue weighted by Crippen LogP contribution is 2.17. The lowest BCUT2D eigenvalue weighted by atomic mass is 10.1. The summed E-state index contributed by atoms with van der Waals surface area (Å²) in [6, 6.07) is 6.47. The number of aromatic nitrogens is 4. The first-order valence-electron chi connectivity index (χ1n) is 6.62. The van der Waals surface area contributed by atoms with Crippen molar-refractivity contribution < 1.29 is 13.6 Å². The van der Waals surface area contributed by atoms with Gasteiger partial charge in [0.25, 0.3) is 0 Å². The fourth-order valence-electron chi connectivity index (χ4n) is 2.03. The van der Waals surface area contributed by atoms with E-state index < -0.39 is 17.7 Å². The Hall–Kier alpha value is -3.16. The monoisotopic (exact) mass is 315 g/mol. The van der Waals surface area contributed by atoms with Crippen LogP contribution in [0.3, 0.4) is 0 Å². The zero-order valence-corrected chi connectivity index (χ0v) is 12.0. The molecule has 0 amide bonds. The van der Waals surface area contributed by atoms with Gasteiger partial charge in [0.1, 0.15) is 11.6 Å². The number of nitrogens with zero attached hydrogens (tertiary/aromatic N) is 4. The van der Waals surface area contributed by atoms with Gasteiger partial charge in [-0.05, 0) is 12.1 Å². The highest BCUT2D eigenvalue weighted by molar-refractivity contribution is 6.09. The predicted octanol–water partition coefficient (Wildman–Crippen LogP) is 2.46. The maximum absolute atomic E-state index is 13.1. The summed E-state index contributed by atoms with van der Waals surface area (Å²) in [5.74, 6) is -1.52. The van der Waals surface area contributed by atoms with Gasteiger partial charge < -0.3 is 5.32 Å². The molecule has 0 radical (unpaired) electrons. The van der Waals surface area contributed by atoms with E-state index in [0.29, 0.717) is 11.6 Å². The maximum Gasteiger partial charge on any atom is 0.216 e.